The van der Waals surface area contributed by atoms with E-state index in [2.05, 4.69) is 16.6 Å². The lowest BCUT2D eigenvalue weighted by Gasteiger charge is -2.26. The molecule has 11 heteroatoms. The summed E-state index contributed by atoms with van der Waals surface area (Å²) in [5.41, 5.74) is 1.35. The van der Waals surface area contributed by atoms with Crippen molar-refractivity contribution >= 4 is 31.6 Å². The summed E-state index contributed by atoms with van der Waals surface area (Å²) in [6.45, 7) is 4.93. The number of carbonyl (C=O) groups excluding carboxylic acids is 1. The summed E-state index contributed by atoms with van der Waals surface area (Å²) in [6.07, 6.45) is 1.46. The molecule has 3 rings (SSSR count). The third kappa shape index (κ3) is 6.24. The summed E-state index contributed by atoms with van der Waals surface area (Å²) in [7, 11) is -7.10. The number of morpholine rings is 1. The second-order valence-corrected chi connectivity index (χ2v) is 10.8. The second kappa shape index (κ2) is 10.4. The molecule has 32 heavy (non-hydrogen) atoms. The van der Waals surface area contributed by atoms with E-state index in [1.807, 2.05) is 0 Å². The zero-order valence-corrected chi connectivity index (χ0v) is 19.0. The van der Waals surface area contributed by atoms with Crippen LogP contribution in [0.2, 0.25) is 0 Å². The van der Waals surface area contributed by atoms with Gasteiger partial charge in [0.1, 0.15) is 0 Å². The average molecular weight is 480 g/mol. The molecule has 9 nitrogen and oxygen atoms in total. The highest BCUT2D eigenvalue weighted by molar-refractivity contribution is 7.89. The van der Waals surface area contributed by atoms with Crippen molar-refractivity contribution in [2.24, 2.45) is 0 Å². The third-order valence-corrected chi connectivity index (χ3v) is 7.97. The lowest BCUT2D eigenvalue weighted by Crippen LogP contribution is -2.40. The predicted molar refractivity (Wildman–Crippen MR) is 121 cm³/mol. The van der Waals surface area contributed by atoms with Crippen LogP contribution in [0.4, 0.5) is 5.69 Å². The van der Waals surface area contributed by atoms with Crippen LogP contribution >= 0.6 is 0 Å². The number of benzene rings is 2. The van der Waals surface area contributed by atoms with Crippen molar-refractivity contribution in [3.63, 3.8) is 0 Å². The van der Waals surface area contributed by atoms with Gasteiger partial charge in [0.15, 0.2) is 0 Å². The maximum absolute atomic E-state index is 12.7. The lowest BCUT2D eigenvalue weighted by molar-refractivity contribution is 0.0730. The molecule has 0 spiro atoms. The number of sulfonamides is 2. The maximum Gasteiger partial charge on any atom is 0.255 e. The minimum atomic E-state index is -3.63. The van der Waals surface area contributed by atoms with Crippen molar-refractivity contribution in [1.29, 1.82) is 0 Å². The van der Waals surface area contributed by atoms with E-state index in [9.17, 15) is 21.6 Å². The molecule has 1 aliphatic heterocycles. The average Bonchev–Trinajstić information content (AvgIpc) is 2.79. The van der Waals surface area contributed by atoms with Crippen LogP contribution in [-0.4, -0.2) is 59.9 Å². The molecule has 2 aromatic carbocycles. The zero-order valence-electron chi connectivity index (χ0n) is 17.4. The Morgan fingerprint density at radius 2 is 1.62 bits per heavy atom. The summed E-state index contributed by atoms with van der Waals surface area (Å²) in [6, 6.07) is 12.2. The van der Waals surface area contributed by atoms with Gasteiger partial charge in [0.05, 0.1) is 23.9 Å². The fourth-order valence-corrected chi connectivity index (χ4v) is 5.57. The van der Waals surface area contributed by atoms with Crippen LogP contribution in [0.5, 0.6) is 0 Å². The summed E-state index contributed by atoms with van der Waals surface area (Å²) >= 11 is 0. The topological polar surface area (TPSA) is 122 Å². The number of ether oxygens (including phenoxy) is 1. The summed E-state index contributed by atoms with van der Waals surface area (Å²) < 4.78 is 58.1. The van der Waals surface area contributed by atoms with Crippen LogP contribution in [0, 0.1) is 0 Å². The molecular formula is C21H25N3O6S2. The number of anilines is 1. The number of nitrogens with one attached hydrogen (secondary N) is 2. The van der Waals surface area contributed by atoms with Crippen molar-refractivity contribution in [2.75, 3.05) is 38.2 Å². The van der Waals surface area contributed by atoms with Crippen LogP contribution in [0.1, 0.15) is 15.9 Å². The first-order valence-corrected chi connectivity index (χ1v) is 13.0. The highest BCUT2D eigenvalue weighted by Crippen LogP contribution is 2.19. The normalized spacial score (nSPS) is 15.2. The van der Waals surface area contributed by atoms with E-state index in [0.29, 0.717) is 43.1 Å². The number of nitrogens with zero attached hydrogens (tertiary/aromatic N) is 1. The molecule has 0 unspecified atom stereocenters. The molecule has 2 aromatic rings. The van der Waals surface area contributed by atoms with Gasteiger partial charge in [0.25, 0.3) is 5.91 Å². The van der Waals surface area contributed by atoms with E-state index < -0.39 is 26.0 Å². The van der Waals surface area contributed by atoms with Gasteiger partial charge in [-0.1, -0.05) is 18.2 Å². The summed E-state index contributed by atoms with van der Waals surface area (Å²) in [5, 5.41) is 2.71. The van der Waals surface area contributed by atoms with Crippen molar-refractivity contribution in [3.05, 3.63) is 72.3 Å². The number of hydrogen-bond donors (Lipinski definition) is 2. The molecule has 0 aliphatic carbocycles. The van der Waals surface area contributed by atoms with Gasteiger partial charge in [-0.15, -0.1) is 6.58 Å². The molecular weight excluding hydrogens is 454 g/mol. The summed E-state index contributed by atoms with van der Waals surface area (Å²) in [5.74, 6) is -0.595. The number of rotatable bonds is 9. The van der Waals surface area contributed by atoms with Gasteiger partial charge in [0.2, 0.25) is 20.0 Å². The van der Waals surface area contributed by atoms with E-state index in [4.69, 9.17) is 4.74 Å². The Labute approximate surface area is 188 Å². The first-order chi connectivity index (χ1) is 15.2. The number of amides is 1. The first kappa shape index (κ1) is 24.1. The molecule has 1 fully saturated rings. The number of hydrogen-bond acceptors (Lipinski definition) is 6. The first-order valence-electron chi connectivity index (χ1n) is 9.88. The fourth-order valence-electron chi connectivity index (χ4n) is 3.06. The van der Waals surface area contributed by atoms with E-state index in [1.54, 1.807) is 24.3 Å². The van der Waals surface area contributed by atoms with Crippen molar-refractivity contribution < 1.29 is 26.4 Å². The van der Waals surface area contributed by atoms with Gasteiger partial charge < -0.3 is 10.1 Å². The predicted octanol–water partition coefficient (Wildman–Crippen LogP) is 1.57. The molecule has 2 N–H and O–H groups in total. The van der Waals surface area contributed by atoms with Gasteiger partial charge in [-0.2, -0.15) is 4.31 Å². The van der Waals surface area contributed by atoms with E-state index in [0.717, 1.165) is 0 Å². The molecule has 0 saturated carbocycles. The van der Waals surface area contributed by atoms with Crippen molar-refractivity contribution in [3.8, 4) is 0 Å². The Balaban J connectivity index is 1.63. The smallest absolute Gasteiger partial charge is 0.255 e. The molecule has 0 bridgehead atoms. The molecule has 1 saturated heterocycles. The molecule has 0 atom stereocenters. The minimum Gasteiger partial charge on any atom is -0.379 e. The molecule has 1 aliphatic rings. The largest absolute Gasteiger partial charge is 0.379 e. The Morgan fingerprint density at radius 1 is 1.00 bits per heavy atom. The van der Waals surface area contributed by atoms with Gasteiger partial charge in [0, 0.05) is 30.9 Å². The van der Waals surface area contributed by atoms with Gasteiger partial charge >= 0.3 is 0 Å². The van der Waals surface area contributed by atoms with Gasteiger partial charge in [-0.3, -0.25) is 4.79 Å². The highest BCUT2D eigenvalue weighted by Gasteiger charge is 2.26. The van der Waals surface area contributed by atoms with Gasteiger partial charge in [-0.25, -0.2) is 21.6 Å². The quantitative estimate of drug-likeness (QED) is 0.527. The molecule has 1 heterocycles. The summed E-state index contributed by atoms with van der Waals surface area (Å²) in [4.78, 5) is 12.6. The number of carbonyl (C=O) groups is 1. The minimum absolute atomic E-state index is 0.117. The van der Waals surface area contributed by atoms with Crippen LogP contribution in [0.15, 0.2) is 66.1 Å². The second-order valence-electron chi connectivity index (χ2n) is 7.09. The van der Waals surface area contributed by atoms with E-state index in [1.165, 1.54) is 34.6 Å². The van der Waals surface area contributed by atoms with Gasteiger partial charge in [-0.05, 0) is 42.0 Å². The Bertz CT molecular complexity index is 1160. The van der Waals surface area contributed by atoms with Crippen LogP contribution in [0.3, 0.4) is 0 Å². The fraction of sp³-hybridized carbons (Fsp3) is 0.286. The van der Waals surface area contributed by atoms with E-state index in [-0.39, 0.29) is 17.2 Å². The van der Waals surface area contributed by atoms with E-state index >= 15 is 0 Å². The van der Waals surface area contributed by atoms with Crippen molar-refractivity contribution in [1.82, 2.24) is 9.03 Å². The van der Waals surface area contributed by atoms with Crippen LogP contribution < -0.4 is 10.0 Å². The standard InChI is InChI=1S/C21H25N3O6S2/c1-2-11-22-31(26,27)16-17-3-7-19(8-4-17)23-21(25)18-5-9-20(10-6-18)32(28,29)24-12-14-30-15-13-24/h2-10,22H,1,11-16H2,(H,23,25). The highest BCUT2D eigenvalue weighted by atomic mass is 32.2. The Morgan fingerprint density at radius 3 is 2.22 bits per heavy atom. The Hall–Kier alpha value is -2.57. The van der Waals surface area contributed by atoms with Crippen LogP contribution in [0.25, 0.3) is 0 Å². The molecule has 0 radical (unpaired) electrons. The molecule has 0 aromatic heterocycles. The monoisotopic (exact) mass is 479 g/mol. The molecule has 172 valence electrons. The molecule has 1 amide bonds. The Kier molecular flexibility index (Phi) is 7.80. The van der Waals surface area contributed by atoms with Crippen molar-refractivity contribution in [2.45, 2.75) is 10.6 Å². The zero-order chi connectivity index (χ0) is 23.2. The maximum atomic E-state index is 12.7. The third-order valence-electron chi connectivity index (χ3n) is 4.74. The lowest BCUT2D eigenvalue weighted by atomic mass is 10.2. The van der Waals surface area contributed by atoms with Crippen LogP contribution in [-0.2, 0) is 30.5 Å². The SMILES string of the molecule is C=CCNS(=O)(=O)Cc1ccc(NC(=O)c2ccc(S(=O)(=O)N3CCOCC3)cc2)cc1.